The van der Waals surface area contributed by atoms with Gasteiger partial charge in [-0.15, -0.1) is 0 Å². The van der Waals surface area contributed by atoms with Crippen molar-refractivity contribution in [3.8, 4) is 39.5 Å². The lowest BCUT2D eigenvalue weighted by atomic mass is 9.90. The average Bonchev–Trinajstić information content (AvgIpc) is 3.08. The monoisotopic (exact) mass is 708 g/mol. The van der Waals surface area contributed by atoms with Gasteiger partial charge in [0.05, 0.1) is 59.5 Å². The fourth-order valence-corrected chi connectivity index (χ4v) is 5.68. The van der Waals surface area contributed by atoms with E-state index in [0.29, 0.717) is 77.1 Å². The van der Waals surface area contributed by atoms with Gasteiger partial charge in [0.2, 0.25) is 0 Å². The lowest BCUT2D eigenvalue weighted by Crippen LogP contribution is -2.18. The predicted octanol–water partition coefficient (Wildman–Crippen LogP) is 5.83. The summed E-state index contributed by atoms with van der Waals surface area (Å²) in [6.45, 7) is 12.1. The van der Waals surface area contributed by atoms with Crippen molar-refractivity contribution in [1.82, 2.24) is 0 Å². The number of esters is 3. The number of carbonyl (C=O) groups excluding carboxylic acids is 3. The second kappa shape index (κ2) is 19.7. The Morgan fingerprint density at radius 2 is 0.804 bits per heavy atom. The van der Waals surface area contributed by atoms with E-state index in [-0.39, 0.29) is 46.2 Å². The van der Waals surface area contributed by atoms with Crippen molar-refractivity contribution in [3.05, 3.63) is 64.2 Å². The van der Waals surface area contributed by atoms with E-state index < -0.39 is 24.5 Å². The number of benzene rings is 3. The van der Waals surface area contributed by atoms with Crippen molar-refractivity contribution in [3.63, 3.8) is 0 Å². The molecule has 1 heterocycles. The fourth-order valence-electron chi connectivity index (χ4n) is 5.68. The SMILES string of the molecule is CCOC(=O)COc1c2cc(C)cc1-c1cc(C)cc(c1OCC(=O)OCC)-c1cc(C)cc(c1OCC(=O)OCC)COCCOCCOC2. The Balaban J connectivity index is 2.03. The molecule has 1 aliphatic heterocycles. The minimum atomic E-state index is -0.555. The van der Waals surface area contributed by atoms with Crippen LogP contribution in [0.3, 0.4) is 0 Å². The summed E-state index contributed by atoms with van der Waals surface area (Å²) in [5.41, 5.74) is 6.38. The number of carbonyl (C=O) groups is 3. The van der Waals surface area contributed by atoms with E-state index >= 15 is 0 Å². The van der Waals surface area contributed by atoms with E-state index in [0.717, 1.165) is 16.7 Å². The second-order valence-electron chi connectivity index (χ2n) is 11.8. The highest BCUT2D eigenvalue weighted by molar-refractivity contribution is 5.89. The van der Waals surface area contributed by atoms with Gasteiger partial charge < -0.3 is 42.6 Å². The maximum absolute atomic E-state index is 12.7. The zero-order valence-electron chi connectivity index (χ0n) is 30.3. The molecule has 0 unspecified atom stereocenters. The maximum Gasteiger partial charge on any atom is 0.344 e. The van der Waals surface area contributed by atoms with Crippen LogP contribution in [0.15, 0.2) is 36.4 Å². The molecule has 4 rings (SSSR count). The molecule has 0 aromatic heterocycles. The quantitative estimate of drug-likeness (QED) is 0.165. The summed E-state index contributed by atoms with van der Waals surface area (Å²) in [6, 6.07) is 11.6. The topological polar surface area (TPSA) is 134 Å². The van der Waals surface area contributed by atoms with E-state index in [1.165, 1.54) is 0 Å². The molecule has 276 valence electrons. The minimum absolute atomic E-state index is 0.164. The van der Waals surface area contributed by atoms with Crippen molar-refractivity contribution in [1.29, 1.82) is 0 Å². The van der Waals surface area contributed by atoms with Crippen molar-refractivity contribution >= 4 is 17.9 Å². The molecule has 0 saturated heterocycles. The van der Waals surface area contributed by atoms with E-state index in [9.17, 15) is 14.4 Å². The van der Waals surface area contributed by atoms with Crippen LogP contribution >= 0.6 is 0 Å². The third kappa shape index (κ3) is 11.2. The van der Waals surface area contributed by atoms with Crippen LogP contribution in [0.2, 0.25) is 0 Å². The lowest BCUT2D eigenvalue weighted by Gasteiger charge is -2.23. The van der Waals surface area contributed by atoms with Crippen LogP contribution < -0.4 is 14.2 Å². The Kier molecular flexibility index (Phi) is 15.1. The van der Waals surface area contributed by atoms with Gasteiger partial charge in [0.1, 0.15) is 17.2 Å². The Bertz CT molecular complexity index is 1560. The molecule has 1 aliphatic rings. The lowest BCUT2D eigenvalue weighted by molar-refractivity contribution is -0.146. The molecule has 51 heavy (non-hydrogen) atoms. The van der Waals surface area contributed by atoms with Crippen LogP contribution in [-0.2, 0) is 56.0 Å². The third-order valence-electron chi connectivity index (χ3n) is 7.61. The first-order valence-electron chi connectivity index (χ1n) is 17.2. The van der Waals surface area contributed by atoms with Crippen molar-refractivity contribution in [2.45, 2.75) is 54.8 Å². The molecule has 0 radical (unpaired) electrons. The number of hydrogen-bond acceptors (Lipinski definition) is 12. The average molecular weight is 709 g/mol. The van der Waals surface area contributed by atoms with Gasteiger partial charge in [-0.25, -0.2) is 14.4 Å². The molecule has 12 heteroatoms. The Morgan fingerprint density at radius 3 is 1.18 bits per heavy atom. The van der Waals surface area contributed by atoms with Crippen LogP contribution in [0, 0.1) is 20.8 Å². The number of hydrogen-bond donors (Lipinski definition) is 0. The molecule has 3 aromatic carbocycles. The molecule has 0 aliphatic carbocycles. The summed E-state index contributed by atoms with van der Waals surface area (Å²) in [7, 11) is 0. The van der Waals surface area contributed by atoms with Gasteiger partial charge in [-0.1, -0.05) is 12.1 Å². The molecule has 12 nitrogen and oxygen atoms in total. The Morgan fingerprint density at radius 1 is 0.490 bits per heavy atom. The van der Waals surface area contributed by atoms with Crippen LogP contribution in [0.4, 0.5) is 0 Å². The summed E-state index contributed by atoms with van der Waals surface area (Å²) < 4.78 is 52.1. The van der Waals surface area contributed by atoms with Gasteiger partial charge in [0, 0.05) is 33.4 Å². The summed E-state index contributed by atoms with van der Waals surface area (Å²) in [5.74, 6) is -0.489. The molecule has 0 fully saturated rings. The highest BCUT2D eigenvalue weighted by Crippen LogP contribution is 2.48. The standard InChI is InChI=1S/C39H48O12/c1-7-46-34(40)22-49-37-28-14-25(4)16-30(37)32-18-27(6)19-33(39(32)51-24-36(42)48-9-3)31-17-26(5)15-29(38(31)50-23-35(41)47-8-2)21-45-13-11-43-10-12-44-20-28/h14-19H,7-13,20-24H2,1-6H3. The summed E-state index contributed by atoms with van der Waals surface area (Å²) in [5, 5.41) is 0. The number of aryl methyl sites for hydroxylation is 3. The van der Waals surface area contributed by atoms with Gasteiger partial charge in [0.15, 0.2) is 19.8 Å². The highest BCUT2D eigenvalue weighted by Gasteiger charge is 2.25. The summed E-state index contributed by atoms with van der Waals surface area (Å²) in [4.78, 5) is 37.8. The van der Waals surface area contributed by atoms with Crippen LogP contribution in [0.5, 0.6) is 17.2 Å². The molecular weight excluding hydrogens is 660 g/mol. The first-order valence-corrected chi connectivity index (χ1v) is 17.2. The predicted molar refractivity (Wildman–Crippen MR) is 188 cm³/mol. The van der Waals surface area contributed by atoms with Crippen LogP contribution in [-0.4, -0.2) is 84.0 Å². The summed E-state index contributed by atoms with van der Waals surface area (Å²) >= 11 is 0. The number of rotatable bonds is 12. The molecular formula is C39H48O12. The smallest absolute Gasteiger partial charge is 0.344 e. The normalized spacial score (nSPS) is 13.3. The second-order valence-corrected chi connectivity index (χ2v) is 11.8. The fraction of sp³-hybridized carbons (Fsp3) is 0.462. The van der Waals surface area contributed by atoms with Crippen LogP contribution in [0.25, 0.3) is 22.3 Å². The third-order valence-corrected chi connectivity index (χ3v) is 7.61. The van der Waals surface area contributed by atoms with Gasteiger partial charge in [-0.3, -0.25) is 0 Å². The first-order chi connectivity index (χ1) is 24.6. The number of ether oxygens (including phenoxy) is 9. The van der Waals surface area contributed by atoms with E-state index in [2.05, 4.69) is 0 Å². The van der Waals surface area contributed by atoms with Crippen molar-refractivity contribution in [2.75, 3.05) is 66.1 Å². The molecule has 0 saturated carbocycles. The Labute approximate surface area is 299 Å². The molecule has 3 aromatic rings. The molecule has 6 bridgehead atoms. The van der Waals surface area contributed by atoms with Gasteiger partial charge >= 0.3 is 17.9 Å². The van der Waals surface area contributed by atoms with E-state index in [1.807, 2.05) is 57.2 Å². The zero-order valence-corrected chi connectivity index (χ0v) is 30.3. The largest absolute Gasteiger partial charge is 0.481 e. The Hall–Kier alpha value is -4.65. The van der Waals surface area contributed by atoms with Crippen molar-refractivity contribution in [2.24, 2.45) is 0 Å². The molecule has 0 spiro atoms. The first kappa shape index (κ1) is 39.1. The zero-order chi connectivity index (χ0) is 36.8. The highest BCUT2D eigenvalue weighted by atomic mass is 16.6. The maximum atomic E-state index is 12.7. The van der Waals surface area contributed by atoms with Crippen molar-refractivity contribution < 1.29 is 57.0 Å². The van der Waals surface area contributed by atoms with Gasteiger partial charge in [-0.05, 0) is 82.5 Å². The molecule has 0 N–H and O–H groups in total. The van der Waals surface area contributed by atoms with E-state index in [1.54, 1.807) is 20.8 Å². The number of fused-ring (bicyclic) bond motifs is 8. The van der Waals surface area contributed by atoms with Gasteiger partial charge in [0.25, 0.3) is 0 Å². The summed E-state index contributed by atoms with van der Waals surface area (Å²) in [6.07, 6.45) is 0. The molecule has 0 amide bonds. The van der Waals surface area contributed by atoms with Crippen LogP contribution in [0.1, 0.15) is 48.6 Å². The minimum Gasteiger partial charge on any atom is -0.481 e. The van der Waals surface area contributed by atoms with E-state index in [4.69, 9.17) is 42.6 Å². The molecule has 0 atom stereocenters. The van der Waals surface area contributed by atoms with Gasteiger partial charge in [-0.2, -0.15) is 0 Å².